The van der Waals surface area contributed by atoms with Crippen molar-refractivity contribution in [2.24, 2.45) is 0 Å². The molecule has 2 heterocycles. The molecule has 0 saturated carbocycles. The van der Waals surface area contributed by atoms with Gasteiger partial charge in [0.1, 0.15) is 5.82 Å². The highest BCUT2D eigenvalue weighted by Crippen LogP contribution is 2.04. The summed E-state index contributed by atoms with van der Waals surface area (Å²) in [7, 11) is 0. The number of rotatable bonds is 0. The molecule has 1 aliphatic heterocycles. The van der Waals surface area contributed by atoms with Crippen LogP contribution in [0.1, 0.15) is 18.9 Å². The molecule has 0 amide bonds. The van der Waals surface area contributed by atoms with Crippen molar-refractivity contribution in [1.29, 1.82) is 0 Å². The van der Waals surface area contributed by atoms with Crippen molar-refractivity contribution in [3.05, 3.63) is 17.7 Å². The lowest BCUT2D eigenvalue weighted by molar-refractivity contribution is 0.505. The zero-order valence-electron chi connectivity index (χ0n) is 6.09. The Kier molecular flexibility index (Phi) is 2.29. The van der Waals surface area contributed by atoms with Gasteiger partial charge in [0.15, 0.2) is 0 Å². The number of hydrogen-bond donors (Lipinski definition) is 1. The third kappa shape index (κ3) is 1.43. The van der Waals surface area contributed by atoms with Crippen LogP contribution in [0, 0.1) is 6.92 Å². The first-order valence-electron chi connectivity index (χ1n) is 3.59. The molecular formula is C8H15N3. The van der Waals surface area contributed by atoms with Crippen LogP contribution in [0.4, 0.5) is 0 Å². The third-order valence-electron chi connectivity index (χ3n) is 1.79. The average Bonchev–Trinajstić information content (AvgIpc) is 2.27. The SMILES string of the molecule is C.Cc1cn2c(n1)CNCC2. The second-order valence-corrected chi connectivity index (χ2v) is 2.67. The van der Waals surface area contributed by atoms with Gasteiger partial charge in [-0.2, -0.15) is 0 Å². The molecule has 0 aromatic carbocycles. The lowest BCUT2D eigenvalue weighted by atomic mass is 10.4. The maximum absolute atomic E-state index is 4.35. The van der Waals surface area contributed by atoms with E-state index in [2.05, 4.69) is 21.1 Å². The Morgan fingerprint density at radius 3 is 3.18 bits per heavy atom. The predicted molar refractivity (Wildman–Crippen MR) is 45.4 cm³/mol. The summed E-state index contributed by atoms with van der Waals surface area (Å²) in [5.41, 5.74) is 1.12. The molecule has 1 N–H and O–H groups in total. The van der Waals surface area contributed by atoms with Gasteiger partial charge in [0, 0.05) is 19.3 Å². The maximum Gasteiger partial charge on any atom is 0.123 e. The first kappa shape index (κ1) is 8.27. The molecule has 11 heavy (non-hydrogen) atoms. The van der Waals surface area contributed by atoms with Crippen molar-refractivity contribution in [2.45, 2.75) is 27.4 Å². The zero-order chi connectivity index (χ0) is 6.97. The van der Waals surface area contributed by atoms with E-state index >= 15 is 0 Å². The molecule has 1 aromatic heterocycles. The number of aromatic nitrogens is 2. The quantitative estimate of drug-likeness (QED) is 0.601. The van der Waals surface area contributed by atoms with Crippen LogP contribution in [0.25, 0.3) is 0 Å². The van der Waals surface area contributed by atoms with Gasteiger partial charge in [0.05, 0.1) is 12.2 Å². The Hall–Kier alpha value is -0.830. The van der Waals surface area contributed by atoms with Gasteiger partial charge in [-0.05, 0) is 6.92 Å². The molecule has 0 spiro atoms. The Bertz CT molecular complexity index is 216. The lowest BCUT2D eigenvalue weighted by Crippen LogP contribution is -2.27. The average molecular weight is 153 g/mol. The topological polar surface area (TPSA) is 29.9 Å². The van der Waals surface area contributed by atoms with Crippen molar-refractivity contribution >= 4 is 0 Å². The molecule has 3 nitrogen and oxygen atoms in total. The number of nitrogens with one attached hydrogen (secondary N) is 1. The zero-order valence-corrected chi connectivity index (χ0v) is 6.09. The van der Waals surface area contributed by atoms with Gasteiger partial charge < -0.3 is 9.88 Å². The van der Waals surface area contributed by atoms with Gasteiger partial charge in [0.2, 0.25) is 0 Å². The lowest BCUT2D eigenvalue weighted by Gasteiger charge is -2.13. The van der Waals surface area contributed by atoms with E-state index in [-0.39, 0.29) is 7.43 Å². The minimum Gasteiger partial charge on any atom is -0.332 e. The highest BCUT2D eigenvalue weighted by Gasteiger charge is 2.08. The Morgan fingerprint density at radius 1 is 1.64 bits per heavy atom. The van der Waals surface area contributed by atoms with Gasteiger partial charge in [-0.3, -0.25) is 0 Å². The molecule has 0 bridgehead atoms. The first-order chi connectivity index (χ1) is 4.86. The van der Waals surface area contributed by atoms with Gasteiger partial charge in [-0.1, -0.05) is 7.43 Å². The van der Waals surface area contributed by atoms with Crippen LogP contribution in [0.15, 0.2) is 6.20 Å². The molecule has 1 aromatic rings. The van der Waals surface area contributed by atoms with E-state index in [9.17, 15) is 0 Å². The summed E-state index contributed by atoms with van der Waals surface area (Å²) in [6, 6.07) is 0. The predicted octanol–water partition coefficient (Wildman–Crippen LogP) is 0.931. The minimum atomic E-state index is 0. The van der Waals surface area contributed by atoms with Crippen LogP contribution < -0.4 is 5.32 Å². The molecule has 0 saturated heterocycles. The summed E-state index contributed by atoms with van der Waals surface area (Å²) >= 11 is 0. The minimum absolute atomic E-state index is 0. The van der Waals surface area contributed by atoms with Crippen molar-refractivity contribution < 1.29 is 0 Å². The fourth-order valence-electron chi connectivity index (χ4n) is 1.33. The highest BCUT2D eigenvalue weighted by molar-refractivity contribution is 5.03. The summed E-state index contributed by atoms with van der Waals surface area (Å²) in [5, 5.41) is 3.27. The molecule has 0 atom stereocenters. The van der Waals surface area contributed by atoms with Crippen LogP contribution in [0.2, 0.25) is 0 Å². The summed E-state index contributed by atoms with van der Waals surface area (Å²) in [6.07, 6.45) is 2.11. The molecule has 62 valence electrons. The molecule has 0 radical (unpaired) electrons. The normalized spacial score (nSPS) is 15.4. The summed E-state index contributed by atoms with van der Waals surface area (Å²) in [4.78, 5) is 4.35. The molecule has 0 fully saturated rings. The van der Waals surface area contributed by atoms with Crippen LogP contribution in [0.3, 0.4) is 0 Å². The van der Waals surface area contributed by atoms with E-state index in [1.807, 2.05) is 6.92 Å². The van der Waals surface area contributed by atoms with Gasteiger partial charge in [-0.15, -0.1) is 0 Å². The van der Waals surface area contributed by atoms with Crippen molar-refractivity contribution in [3.8, 4) is 0 Å². The van der Waals surface area contributed by atoms with Crippen molar-refractivity contribution in [2.75, 3.05) is 6.54 Å². The molecule has 0 unspecified atom stereocenters. The van der Waals surface area contributed by atoms with Crippen LogP contribution in [-0.4, -0.2) is 16.1 Å². The largest absolute Gasteiger partial charge is 0.332 e. The fourth-order valence-corrected chi connectivity index (χ4v) is 1.33. The van der Waals surface area contributed by atoms with Crippen LogP contribution >= 0.6 is 0 Å². The second kappa shape index (κ2) is 3.05. The first-order valence-corrected chi connectivity index (χ1v) is 3.59. The second-order valence-electron chi connectivity index (χ2n) is 2.67. The van der Waals surface area contributed by atoms with Crippen LogP contribution in [-0.2, 0) is 13.1 Å². The summed E-state index contributed by atoms with van der Waals surface area (Å²) in [6.45, 7) is 5.10. The standard InChI is InChI=1S/C7H11N3.CH4/c1-6-5-10-3-2-8-4-7(10)9-6;/h5,8H,2-4H2,1H3;1H4. The fraction of sp³-hybridized carbons (Fsp3) is 0.625. The van der Waals surface area contributed by atoms with Crippen LogP contribution in [0.5, 0.6) is 0 Å². The number of imidazole rings is 1. The summed E-state index contributed by atoms with van der Waals surface area (Å²) < 4.78 is 2.21. The number of fused-ring (bicyclic) bond motifs is 1. The van der Waals surface area contributed by atoms with Crippen molar-refractivity contribution in [3.63, 3.8) is 0 Å². The van der Waals surface area contributed by atoms with Gasteiger partial charge in [0.25, 0.3) is 0 Å². The van der Waals surface area contributed by atoms with E-state index in [0.29, 0.717) is 0 Å². The Labute approximate surface area is 67.4 Å². The van der Waals surface area contributed by atoms with E-state index in [1.165, 1.54) is 5.82 Å². The van der Waals surface area contributed by atoms with E-state index in [1.54, 1.807) is 0 Å². The number of nitrogens with zero attached hydrogens (tertiary/aromatic N) is 2. The van der Waals surface area contributed by atoms with Gasteiger partial charge in [-0.25, -0.2) is 4.98 Å². The number of aryl methyl sites for hydroxylation is 1. The monoisotopic (exact) mass is 153 g/mol. The maximum atomic E-state index is 4.35. The van der Waals surface area contributed by atoms with Crippen molar-refractivity contribution in [1.82, 2.24) is 14.9 Å². The molecule has 2 rings (SSSR count). The third-order valence-corrected chi connectivity index (χ3v) is 1.79. The van der Waals surface area contributed by atoms with E-state index in [0.717, 1.165) is 25.3 Å². The Balaban J connectivity index is 0.000000605. The molecule has 0 aliphatic carbocycles. The number of hydrogen-bond acceptors (Lipinski definition) is 2. The van der Waals surface area contributed by atoms with Gasteiger partial charge >= 0.3 is 0 Å². The molecule has 1 aliphatic rings. The smallest absolute Gasteiger partial charge is 0.123 e. The van der Waals surface area contributed by atoms with E-state index < -0.39 is 0 Å². The van der Waals surface area contributed by atoms with E-state index in [4.69, 9.17) is 0 Å². The highest BCUT2D eigenvalue weighted by atomic mass is 15.1. The molecule has 3 heteroatoms. The summed E-state index contributed by atoms with van der Waals surface area (Å²) in [5.74, 6) is 1.17. The Morgan fingerprint density at radius 2 is 2.45 bits per heavy atom. The molecular weight excluding hydrogens is 138 g/mol.